The first kappa shape index (κ1) is 14.7. The fourth-order valence-electron chi connectivity index (χ4n) is 2.30. The van der Waals surface area contributed by atoms with Crippen molar-refractivity contribution in [2.24, 2.45) is 7.05 Å². The minimum absolute atomic E-state index is 0.257. The molecule has 3 rings (SSSR count). The molecule has 112 valence electrons. The molecule has 0 fully saturated rings. The van der Waals surface area contributed by atoms with Crippen molar-refractivity contribution in [1.29, 1.82) is 5.26 Å². The minimum Gasteiger partial charge on any atom is -0.310 e. The Balaban J connectivity index is 2.06. The SMILES string of the molecule is Cn1c(/C(C#N)=C/c2ccccc2F)nnc1-c1ccccc1. The van der Waals surface area contributed by atoms with Crippen molar-refractivity contribution in [3.63, 3.8) is 0 Å². The highest BCUT2D eigenvalue weighted by atomic mass is 19.1. The first-order valence-electron chi connectivity index (χ1n) is 7.02. The van der Waals surface area contributed by atoms with Gasteiger partial charge in [-0.15, -0.1) is 10.2 Å². The third-order valence-electron chi connectivity index (χ3n) is 3.47. The van der Waals surface area contributed by atoms with Gasteiger partial charge in [0.25, 0.3) is 0 Å². The zero-order chi connectivity index (χ0) is 16.2. The summed E-state index contributed by atoms with van der Waals surface area (Å²) in [6.07, 6.45) is 1.48. The predicted octanol–water partition coefficient (Wildman–Crippen LogP) is 3.69. The standard InChI is InChI=1S/C18H13FN4/c1-23-17(13-7-3-2-4-8-13)21-22-18(23)15(12-20)11-14-9-5-6-10-16(14)19/h2-11H,1H3/b15-11+. The van der Waals surface area contributed by atoms with Crippen LogP contribution in [0.2, 0.25) is 0 Å². The van der Waals surface area contributed by atoms with Gasteiger partial charge in [-0.1, -0.05) is 48.5 Å². The molecule has 0 aliphatic heterocycles. The van der Waals surface area contributed by atoms with Crippen LogP contribution in [-0.4, -0.2) is 14.8 Å². The highest BCUT2D eigenvalue weighted by molar-refractivity contribution is 5.87. The highest BCUT2D eigenvalue weighted by Crippen LogP contribution is 2.22. The van der Waals surface area contributed by atoms with Crippen LogP contribution in [0.25, 0.3) is 23.0 Å². The van der Waals surface area contributed by atoms with Crippen LogP contribution < -0.4 is 0 Å². The van der Waals surface area contributed by atoms with E-state index in [-0.39, 0.29) is 11.4 Å². The van der Waals surface area contributed by atoms with Crippen molar-refractivity contribution in [1.82, 2.24) is 14.8 Å². The summed E-state index contributed by atoms with van der Waals surface area (Å²) in [6, 6.07) is 17.9. The van der Waals surface area contributed by atoms with Crippen LogP contribution in [0.4, 0.5) is 4.39 Å². The van der Waals surface area contributed by atoms with Crippen LogP contribution in [0, 0.1) is 17.1 Å². The van der Waals surface area contributed by atoms with Crippen molar-refractivity contribution >= 4 is 11.6 Å². The number of hydrogen-bond donors (Lipinski definition) is 0. The van der Waals surface area contributed by atoms with Crippen LogP contribution in [-0.2, 0) is 7.05 Å². The van der Waals surface area contributed by atoms with Crippen LogP contribution in [0.15, 0.2) is 54.6 Å². The summed E-state index contributed by atoms with van der Waals surface area (Å²) in [4.78, 5) is 0. The summed E-state index contributed by atoms with van der Waals surface area (Å²) < 4.78 is 15.5. The van der Waals surface area contributed by atoms with Crippen LogP contribution in [0.1, 0.15) is 11.4 Å². The van der Waals surface area contributed by atoms with Gasteiger partial charge in [0.1, 0.15) is 11.9 Å². The molecule has 0 aliphatic rings. The lowest BCUT2D eigenvalue weighted by Crippen LogP contribution is -1.98. The number of nitriles is 1. The molecule has 5 heteroatoms. The van der Waals surface area contributed by atoms with Crippen molar-refractivity contribution in [3.8, 4) is 17.5 Å². The van der Waals surface area contributed by atoms with Gasteiger partial charge in [-0.05, 0) is 12.1 Å². The highest BCUT2D eigenvalue weighted by Gasteiger charge is 2.14. The zero-order valence-electron chi connectivity index (χ0n) is 12.4. The molecule has 4 nitrogen and oxygen atoms in total. The van der Waals surface area contributed by atoms with Gasteiger partial charge in [0.05, 0.1) is 5.57 Å². The Morgan fingerprint density at radius 3 is 2.48 bits per heavy atom. The molecule has 23 heavy (non-hydrogen) atoms. The Bertz CT molecular complexity index is 904. The Morgan fingerprint density at radius 1 is 1.09 bits per heavy atom. The average Bonchev–Trinajstić information content (AvgIpc) is 2.96. The number of halogens is 1. The number of benzene rings is 2. The molecule has 0 amide bonds. The molecule has 0 bridgehead atoms. The van der Waals surface area contributed by atoms with Crippen molar-refractivity contribution < 1.29 is 4.39 Å². The van der Waals surface area contributed by atoms with Gasteiger partial charge in [0, 0.05) is 18.2 Å². The third-order valence-corrected chi connectivity index (χ3v) is 3.47. The summed E-state index contributed by atoms with van der Waals surface area (Å²) in [7, 11) is 1.78. The molecule has 0 aliphatic carbocycles. The maximum Gasteiger partial charge on any atom is 0.174 e. The normalized spacial score (nSPS) is 11.3. The van der Waals surface area contributed by atoms with E-state index < -0.39 is 0 Å². The van der Waals surface area contributed by atoms with E-state index in [1.165, 1.54) is 12.1 Å². The molecule has 0 unspecified atom stereocenters. The van der Waals surface area contributed by atoms with E-state index in [1.54, 1.807) is 29.8 Å². The lowest BCUT2D eigenvalue weighted by molar-refractivity contribution is 0.625. The first-order valence-corrected chi connectivity index (χ1v) is 7.02. The van der Waals surface area contributed by atoms with E-state index in [0.717, 1.165) is 5.56 Å². The number of allylic oxidation sites excluding steroid dienone is 1. The molecule has 0 radical (unpaired) electrons. The van der Waals surface area contributed by atoms with Crippen LogP contribution >= 0.6 is 0 Å². The molecule has 2 aromatic carbocycles. The van der Waals surface area contributed by atoms with Crippen molar-refractivity contribution in [3.05, 3.63) is 71.8 Å². The number of nitrogens with zero attached hydrogens (tertiary/aromatic N) is 4. The molecule has 0 saturated heterocycles. The van der Waals surface area contributed by atoms with Crippen LogP contribution in [0.5, 0.6) is 0 Å². The van der Waals surface area contributed by atoms with Gasteiger partial charge in [0.15, 0.2) is 11.6 Å². The summed E-state index contributed by atoms with van der Waals surface area (Å²) in [5, 5.41) is 17.6. The monoisotopic (exact) mass is 304 g/mol. The first-order chi connectivity index (χ1) is 11.2. The van der Waals surface area contributed by atoms with Gasteiger partial charge in [0.2, 0.25) is 0 Å². The van der Waals surface area contributed by atoms with E-state index in [9.17, 15) is 9.65 Å². The Hall–Kier alpha value is -3.26. The maximum atomic E-state index is 13.8. The van der Waals surface area contributed by atoms with E-state index in [2.05, 4.69) is 16.3 Å². The van der Waals surface area contributed by atoms with Gasteiger partial charge in [-0.2, -0.15) is 5.26 Å². The van der Waals surface area contributed by atoms with E-state index in [1.807, 2.05) is 30.3 Å². The lowest BCUT2D eigenvalue weighted by Gasteiger charge is -2.03. The van der Waals surface area contributed by atoms with E-state index in [0.29, 0.717) is 17.2 Å². The fraction of sp³-hybridized carbons (Fsp3) is 0.0556. The quantitative estimate of drug-likeness (QED) is 0.693. The second-order valence-electron chi connectivity index (χ2n) is 4.96. The number of aromatic nitrogens is 3. The summed E-state index contributed by atoms with van der Waals surface area (Å²) in [5.74, 6) is 0.663. The minimum atomic E-state index is -0.384. The molecule has 1 aromatic heterocycles. The zero-order valence-corrected chi connectivity index (χ0v) is 12.4. The third kappa shape index (κ3) is 2.87. The molecule has 1 heterocycles. The van der Waals surface area contributed by atoms with Gasteiger partial charge in [-0.25, -0.2) is 4.39 Å². The molecule has 0 spiro atoms. The number of rotatable bonds is 3. The van der Waals surface area contributed by atoms with Gasteiger partial charge >= 0.3 is 0 Å². The second kappa shape index (κ2) is 6.24. The predicted molar refractivity (Wildman–Crippen MR) is 86.3 cm³/mol. The van der Waals surface area contributed by atoms with Gasteiger partial charge in [-0.3, -0.25) is 0 Å². The molecule has 0 saturated carbocycles. The topological polar surface area (TPSA) is 54.5 Å². The number of hydrogen-bond acceptors (Lipinski definition) is 3. The summed E-state index contributed by atoms with van der Waals surface area (Å²) in [5.41, 5.74) is 1.50. The second-order valence-corrected chi connectivity index (χ2v) is 4.96. The smallest absolute Gasteiger partial charge is 0.174 e. The van der Waals surface area contributed by atoms with Gasteiger partial charge < -0.3 is 4.57 Å². The maximum absolute atomic E-state index is 13.8. The Labute approximate surface area is 133 Å². The summed E-state index contributed by atoms with van der Waals surface area (Å²) >= 11 is 0. The summed E-state index contributed by atoms with van der Waals surface area (Å²) in [6.45, 7) is 0. The molecular weight excluding hydrogens is 291 g/mol. The van der Waals surface area contributed by atoms with Crippen molar-refractivity contribution in [2.75, 3.05) is 0 Å². The van der Waals surface area contributed by atoms with E-state index in [4.69, 9.17) is 0 Å². The molecule has 3 aromatic rings. The Kier molecular flexibility index (Phi) is 3.98. The Morgan fingerprint density at radius 2 is 1.78 bits per heavy atom. The molecule has 0 atom stereocenters. The largest absolute Gasteiger partial charge is 0.310 e. The van der Waals surface area contributed by atoms with Crippen molar-refractivity contribution in [2.45, 2.75) is 0 Å². The molecule has 0 N–H and O–H groups in total. The lowest BCUT2D eigenvalue weighted by atomic mass is 10.1. The average molecular weight is 304 g/mol. The molecular formula is C18H13FN4. The fourth-order valence-corrected chi connectivity index (χ4v) is 2.30. The van der Waals surface area contributed by atoms with E-state index >= 15 is 0 Å². The van der Waals surface area contributed by atoms with Crippen LogP contribution in [0.3, 0.4) is 0 Å².